The number of fused-ring (bicyclic) bond motifs is 2. The lowest BCUT2D eigenvalue weighted by Gasteiger charge is -2.28. The van der Waals surface area contributed by atoms with E-state index in [1.807, 2.05) is 0 Å². The maximum Gasteiger partial charge on any atom is 0.240 e. The van der Waals surface area contributed by atoms with Crippen molar-refractivity contribution in [1.82, 2.24) is 14.7 Å². The van der Waals surface area contributed by atoms with Crippen molar-refractivity contribution in [2.75, 3.05) is 23.5 Å². The van der Waals surface area contributed by atoms with E-state index < -0.39 is 10.0 Å². The molecule has 1 fully saturated rings. The standard InChI is InChI=1S/C24H25N5O5S2/c1-34-22-9-7-17-23(28-22)18(10-11-25-17)27-24(31)14-2-4-15(5-3-14)29-36(32,33)16-6-8-20-19(12-16)26-21(30)13-35-20/h6-12,14-15,29H,2-5,13H2,1H3,(H,26,30)(H,25,27,31)/t14-,15-. The Morgan fingerprint density at radius 1 is 1.14 bits per heavy atom. The van der Waals surface area contributed by atoms with Crippen molar-refractivity contribution in [2.24, 2.45) is 5.92 Å². The minimum absolute atomic E-state index is 0.108. The number of benzene rings is 1. The first kappa shape index (κ1) is 24.5. The molecule has 1 saturated carbocycles. The van der Waals surface area contributed by atoms with E-state index in [0.29, 0.717) is 59.7 Å². The third kappa shape index (κ3) is 5.15. The molecule has 0 saturated heterocycles. The van der Waals surface area contributed by atoms with Crippen LogP contribution in [-0.4, -0.2) is 49.1 Å². The largest absolute Gasteiger partial charge is 0.481 e. The lowest BCUT2D eigenvalue weighted by atomic mass is 9.86. The molecule has 0 atom stereocenters. The number of amides is 2. The molecule has 5 rings (SSSR count). The SMILES string of the molecule is COc1ccc2nccc(NC(=O)[C@H]3CC[C@H](NS(=O)(=O)c4ccc5c(c4)NC(=O)CS5)CC3)c2n1. The zero-order chi connectivity index (χ0) is 25.3. The van der Waals surface area contributed by atoms with Crippen LogP contribution in [0, 0.1) is 5.92 Å². The van der Waals surface area contributed by atoms with E-state index in [2.05, 4.69) is 25.3 Å². The van der Waals surface area contributed by atoms with Crippen LogP contribution in [0.3, 0.4) is 0 Å². The second kappa shape index (κ2) is 10.0. The molecular formula is C24H25N5O5S2. The van der Waals surface area contributed by atoms with Crippen molar-refractivity contribution in [2.45, 2.75) is 41.5 Å². The molecule has 1 aromatic carbocycles. The number of pyridine rings is 2. The molecule has 36 heavy (non-hydrogen) atoms. The monoisotopic (exact) mass is 527 g/mol. The number of methoxy groups -OCH3 is 1. The summed E-state index contributed by atoms with van der Waals surface area (Å²) in [6.45, 7) is 0. The molecular weight excluding hydrogens is 502 g/mol. The second-order valence-corrected chi connectivity index (χ2v) is 11.5. The molecule has 0 spiro atoms. The molecule has 1 aliphatic heterocycles. The number of anilines is 2. The number of hydrogen-bond acceptors (Lipinski definition) is 8. The molecule has 3 aromatic rings. The summed E-state index contributed by atoms with van der Waals surface area (Å²) in [6, 6.07) is 9.67. The lowest BCUT2D eigenvalue weighted by Crippen LogP contribution is -2.39. The van der Waals surface area contributed by atoms with Gasteiger partial charge in [0, 0.05) is 29.1 Å². The van der Waals surface area contributed by atoms with Crippen LogP contribution in [0.15, 0.2) is 52.4 Å². The lowest BCUT2D eigenvalue weighted by molar-refractivity contribution is -0.120. The molecule has 188 valence electrons. The van der Waals surface area contributed by atoms with Crippen molar-refractivity contribution < 1.29 is 22.7 Å². The summed E-state index contributed by atoms with van der Waals surface area (Å²) in [5.41, 5.74) is 2.26. The zero-order valence-electron chi connectivity index (χ0n) is 19.5. The first-order valence-electron chi connectivity index (χ1n) is 11.5. The Morgan fingerprint density at radius 3 is 2.72 bits per heavy atom. The van der Waals surface area contributed by atoms with Crippen LogP contribution in [0.2, 0.25) is 0 Å². The molecule has 0 unspecified atom stereocenters. The number of hydrogen-bond donors (Lipinski definition) is 3. The normalized spacial score (nSPS) is 19.9. The number of sulfonamides is 1. The Morgan fingerprint density at radius 2 is 1.94 bits per heavy atom. The predicted octanol–water partition coefficient (Wildman–Crippen LogP) is 3.16. The molecule has 2 amide bonds. The molecule has 12 heteroatoms. The van der Waals surface area contributed by atoms with Crippen molar-refractivity contribution in [1.29, 1.82) is 0 Å². The molecule has 2 aliphatic rings. The summed E-state index contributed by atoms with van der Waals surface area (Å²) < 4.78 is 33.9. The number of nitrogens with one attached hydrogen (secondary N) is 3. The number of carbonyl (C=O) groups excluding carboxylic acids is 2. The predicted molar refractivity (Wildman–Crippen MR) is 137 cm³/mol. The van der Waals surface area contributed by atoms with E-state index in [-0.39, 0.29) is 28.7 Å². The van der Waals surface area contributed by atoms with Gasteiger partial charge in [-0.3, -0.25) is 14.6 Å². The van der Waals surface area contributed by atoms with E-state index in [9.17, 15) is 18.0 Å². The summed E-state index contributed by atoms with van der Waals surface area (Å²) in [5.74, 6) is 0.225. The van der Waals surface area contributed by atoms with Gasteiger partial charge in [-0.05, 0) is 56.0 Å². The van der Waals surface area contributed by atoms with Gasteiger partial charge in [0.2, 0.25) is 27.7 Å². The van der Waals surface area contributed by atoms with Gasteiger partial charge in [0.15, 0.2) is 0 Å². The van der Waals surface area contributed by atoms with Crippen molar-refractivity contribution in [3.8, 4) is 5.88 Å². The first-order chi connectivity index (χ1) is 17.3. The average molecular weight is 528 g/mol. The molecule has 2 aromatic heterocycles. The van der Waals surface area contributed by atoms with Gasteiger partial charge in [-0.25, -0.2) is 18.1 Å². The van der Waals surface area contributed by atoms with Crippen molar-refractivity contribution in [3.63, 3.8) is 0 Å². The molecule has 3 N–H and O–H groups in total. The number of nitrogens with zero attached hydrogens (tertiary/aromatic N) is 2. The van der Waals surface area contributed by atoms with Crippen LogP contribution < -0.4 is 20.1 Å². The summed E-state index contributed by atoms with van der Waals surface area (Å²) in [5, 5.41) is 5.68. The highest BCUT2D eigenvalue weighted by atomic mass is 32.2. The van der Waals surface area contributed by atoms with Crippen LogP contribution in [-0.2, 0) is 19.6 Å². The number of thioether (sulfide) groups is 1. The highest BCUT2D eigenvalue weighted by Crippen LogP contribution is 2.34. The van der Waals surface area contributed by atoms with Crippen LogP contribution in [0.5, 0.6) is 5.88 Å². The van der Waals surface area contributed by atoms with Crippen molar-refractivity contribution >= 4 is 56.0 Å². The van der Waals surface area contributed by atoms with E-state index in [1.54, 1.807) is 36.5 Å². The van der Waals surface area contributed by atoms with Gasteiger partial charge < -0.3 is 15.4 Å². The topological polar surface area (TPSA) is 139 Å². The maximum atomic E-state index is 13.0. The molecule has 1 aliphatic carbocycles. The van der Waals surface area contributed by atoms with Crippen LogP contribution >= 0.6 is 11.8 Å². The van der Waals surface area contributed by atoms with E-state index >= 15 is 0 Å². The van der Waals surface area contributed by atoms with E-state index in [1.165, 1.54) is 24.9 Å². The summed E-state index contributed by atoms with van der Waals surface area (Å²) in [4.78, 5) is 34.3. The molecule has 0 radical (unpaired) electrons. The molecule has 10 nitrogen and oxygen atoms in total. The highest BCUT2D eigenvalue weighted by Gasteiger charge is 2.30. The van der Waals surface area contributed by atoms with E-state index in [0.717, 1.165) is 4.90 Å². The van der Waals surface area contributed by atoms with Crippen LogP contribution in [0.4, 0.5) is 11.4 Å². The summed E-state index contributed by atoms with van der Waals surface area (Å²) in [7, 11) is -2.24. The fourth-order valence-electron chi connectivity index (χ4n) is 4.45. The van der Waals surface area contributed by atoms with Gasteiger partial charge in [0.05, 0.1) is 34.6 Å². The van der Waals surface area contributed by atoms with Crippen molar-refractivity contribution in [3.05, 3.63) is 42.6 Å². The average Bonchev–Trinajstić information content (AvgIpc) is 2.88. The van der Waals surface area contributed by atoms with Crippen LogP contribution in [0.1, 0.15) is 25.7 Å². The molecule has 0 bridgehead atoms. The third-order valence-corrected chi connectivity index (χ3v) is 8.93. The fourth-order valence-corrected chi connectivity index (χ4v) is 6.57. The van der Waals surface area contributed by atoms with E-state index in [4.69, 9.17) is 4.74 Å². The zero-order valence-corrected chi connectivity index (χ0v) is 21.1. The highest BCUT2D eigenvalue weighted by molar-refractivity contribution is 8.00. The van der Waals surface area contributed by atoms with Gasteiger partial charge in [-0.2, -0.15) is 0 Å². The Hall–Kier alpha value is -3.22. The second-order valence-electron chi connectivity index (χ2n) is 8.73. The third-order valence-electron chi connectivity index (χ3n) is 6.34. The number of ether oxygens (including phenoxy) is 1. The Labute approximate surface area is 212 Å². The van der Waals surface area contributed by atoms with Gasteiger partial charge in [-0.1, -0.05) is 0 Å². The van der Waals surface area contributed by atoms with Gasteiger partial charge in [0.25, 0.3) is 0 Å². The maximum absolute atomic E-state index is 13.0. The Kier molecular flexibility index (Phi) is 6.82. The minimum Gasteiger partial charge on any atom is -0.481 e. The number of rotatable bonds is 6. The van der Waals surface area contributed by atoms with Gasteiger partial charge in [0.1, 0.15) is 5.52 Å². The minimum atomic E-state index is -3.77. The summed E-state index contributed by atoms with van der Waals surface area (Å²) in [6.07, 6.45) is 3.80. The smallest absolute Gasteiger partial charge is 0.240 e. The quantitative estimate of drug-likeness (QED) is 0.444. The Bertz CT molecular complexity index is 1440. The molecule has 3 heterocycles. The van der Waals surface area contributed by atoms with Gasteiger partial charge in [-0.15, -0.1) is 11.8 Å². The van der Waals surface area contributed by atoms with Gasteiger partial charge >= 0.3 is 0 Å². The van der Waals surface area contributed by atoms with Crippen LogP contribution in [0.25, 0.3) is 11.0 Å². The number of carbonyl (C=O) groups is 2. The number of aromatic nitrogens is 2. The fraction of sp³-hybridized carbons (Fsp3) is 0.333. The Balaban J connectivity index is 1.21. The first-order valence-corrected chi connectivity index (χ1v) is 14.0. The summed E-state index contributed by atoms with van der Waals surface area (Å²) >= 11 is 1.38.